The molecule has 134 valence electrons. The molecule has 1 atom stereocenters. The number of rotatable bonds is 5. The molecule has 25 heavy (non-hydrogen) atoms. The molecule has 0 bridgehead atoms. The SMILES string of the molecule is CC(C)c1nnc([C@H]2COCCN2C(=O)COc2ccc(F)cc2)o1. The molecule has 1 aliphatic heterocycles. The maximum absolute atomic E-state index is 12.9. The van der Waals surface area contributed by atoms with Crippen LogP contribution in [-0.2, 0) is 9.53 Å². The van der Waals surface area contributed by atoms with Gasteiger partial charge in [0, 0.05) is 12.5 Å². The van der Waals surface area contributed by atoms with Crippen molar-refractivity contribution in [1.29, 1.82) is 0 Å². The normalized spacial score (nSPS) is 17.8. The van der Waals surface area contributed by atoms with Crippen LogP contribution in [0.4, 0.5) is 4.39 Å². The van der Waals surface area contributed by atoms with Crippen LogP contribution < -0.4 is 4.74 Å². The van der Waals surface area contributed by atoms with Crippen LogP contribution in [0.25, 0.3) is 0 Å². The molecule has 3 rings (SSSR count). The third-order valence-electron chi connectivity index (χ3n) is 3.86. The molecule has 0 spiro atoms. The second-order valence-corrected chi connectivity index (χ2v) is 6.05. The molecule has 1 amide bonds. The number of aromatic nitrogens is 2. The molecule has 1 fully saturated rings. The molecule has 1 aromatic carbocycles. The number of hydrogen-bond donors (Lipinski definition) is 0. The number of ether oxygens (including phenoxy) is 2. The number of carbonyl (C=O) groups excluding carboxylic acids is 1. The molecule has 0 N–H and O–H groups in total. The molecule has 8 heteroatoms. The van der Waals surface area contributed by atoms with E-state index in [-0.39, 0.29) is 24.2 Å². The number of carbonyl (C=O) groups is 1. The Morgan fingerprint density at radius 3 is 2.80 bits per heavy atom. The predicted molar refractivity (Wildman–Crippen MR) is 85.6 cm³/mol. The van der Waals surface area contributed by atoms with Crippen molar-refractivity contribution >= 4 is 5.91 Å². The second kappa shape index (κ2) is 7.60. The average Bonchev–Trinajstić information content (AvgIpc) is 3.11. The maximum atomic E-state index is 12.9. The lowest BCUT2D eigenvalue weighted by Crippen LogP contribution is -2.45. The number of nitrogens with zero attached hydrogens (tertiary/aromatic N) is 3. The van der Waals surface area contributed by atoms with Crippen LogP contribution in [0, 0.1) is 5.82 Å². The number of hydrogen-bond acceptors (Lipinski definition) is 6. The quantitative estimate of drug-likeness (QED) is 0.824. The van der Waals surface area contributed by atoms with Gasteiger partial charge in [-0.25, -0.2) is 4.39 Å². The van der Waals surface area contributed by atoms with Crippen molar-refractivity contribution in [2.75, 3.05) is 26.4 Å². The van der Waals surface area contributed by atoms with Crippen LogP contribution in [-0.4, -0.2) is 47.4 Å². The largest absolute Gasteiger partial charge is 0.484 e. The van der Waals surface area contributed by atoms with Gasteiger partial charge in [-0.05, 0) is 24.3 Å². The fourth-order valence-corrected chi connectivity index (χ4v) is 2.48. The molecule has 0 aliphatic carbocycles. The van der Waals surface area contributed by atoms with Crippen molar-refractivity contribution in [2.45, 2.75) is 25.8 Å². The molecule has 0 radical (unpaired) electrons. The first-order valence-electron chi connectivity index (χ1n) is 8.13. The van der Waals surface area contributed by atoms with Gasteiger partial charge in [-0.1, -0.05) is 13.8 Å². The van der Waals surface area contributed by atoms with E-state index in [0.717, 1.165) is 0 Å². The molecule has 1 aliphatic rings. The Hall–Kier alpha value is -2.48. The highest BCUT2D eigenvalue weighted by Crippen LogP contribution is 2.25. The first kappa shape index (κ1) is 17.3. The molecule has 2 heterocycles. The summed E-state index contributed by atoms with van der Waals surface area (Å²) in [5.74, 6) is 0.844. The smallest absolute Gasteiger partial charge is 0.261 e. The molecule has 7 nitrogen and oxygen atoms in total. The first-order valence-corrected chi connectivity index (χ1v) is 8.13. The summed E-state index contributed by atoms with van der Waals surface area (Å²) in [7, 11) is 0. The van der Waals surface area contributed by atoms with E-state index in [4.69, 9.17) is 13.9 Å². The highest BCUT2D eigenvalue weighted by molar-refractivity contribution is 5.78. The van der Waals surface area contributed by atoms with Gasteiger partial charge < -0.3 is 18.8 Å². The van der Waals surface area contributed by atoms with Crippen molar-refractivity contribution in [3.05, 3.63) is 41.9 Å². The topological polar surface area (TPSA) is 77.7 Å². The second-order valence-electron chi connectivity index (χ2n) is 6.05. The summed E-state index contributed by atoms with van der Waals surface area (Å²) in [4.78, 5) is 14.2. The van der Waals surface area contributed by atoms with Crippen LogP contribution in [0.2, 0.25) is 0 Å². The molecular weight excluding hydrogens is 329 g/mol. The monoisotopic (exact) mass is 349 g/mol. The maximum Gasteiger partial charge on any atom is 0.261 e. The molecule has 0 unspecified atom stereocenters. The van der Waals surface area contributed by atoms with Gasteiger partial charge in [0.2, 0.25) is 11.8 Å². The first-order chi connectivity index (χ1) is 12.0. The van der Waals surface area contributed by atoms with E-state index in [1.165, 1.54) is 24.3 Å². The Morgan fingerprint density at radius 1 is 1.36 bits per heavy atom. The summed E-state index contributed by atoms with van der Waals surface area (Å²) in [6.45, 7) is 4.89. The summed E-state index contributed by atoms with van der Waals surface area (Å²) >= 11 is 0. The van der Waals surface area contributed by atoms with Gasteiger partial charge in [-0.15, -0.1) is 10.2 Å². The Labute approximate surface area is 144 Å². The zero-order chi connectivity index (χ0) is 17.8. The molecule has 0 saturated carbocycles. The van der Waals surface area contributed by atoms with E-state index in [1.54, 1.807) is 4.90 Å². The zero-order valence-corrected chi connectivity index (χ0v) is 14.1. The van der Waals surface area contributed by atoms with Gasteiger partial charge in [-0.2, -0.15) is 0 Å². The fourth-order valence-electron chi connectivity index (χ4n) is 2.48. The van der Waals surface area contributed by atoms with Crippen LogP contribution in [0.15, 0.2) is 28.7 Å². The minimum Gasteiger partial charge on any atom is -0.484 e. The van der Waals surface area contributed by atoms with Crippen molar-refractivity contribution in [3.63, 3.8) is 0 Å². The van der Waals surface area contributed by atoms with Crippen LogP contribution >= 0.6 is 0 Å². The van der Waals surface area contributed by atoms with E-state index in [0.29, 0.717) is 37.3 Å². The zero-order valence-electron chi connectivity index (χ0n) is 14.1. The lowest BCUT2D eigenvalue weighted by molar-refractivity contribution is -0.143. The number of benzene rings is 1. The Morgan fingerprint density at radius 2 is 2.12 bits per heavy atom. The van der Waals surface area contributed by atoms with Crippen molar-refractivity contribution in [1.82, 2.24) is 15.1 Å². The molecular formula is C17H20FN3O4. The Bertz CT molecular complexity index is 717. The molecule has 1 saturated heterocycles. The van der Waals surface area contributed by atoms with Gasteiger partial charge in [0.25, 0.3) is 5.91 Å². The fraction of sp³-hybridized carbons (Fsp3) is 0.471. The number of amides is 1. The summed E-state index contributed by atoms with van der Waals surface area (Å²) < 4.78 is 29.5. The van der Waals surface area contributed by atoms with Crippen molar-refractivity contribution in [3.8, 4) is 5.75 Å². The molecule has 2 aromatic rings. The lowest BCUT2D eigenvalue weighted by Gasteiger charge is -2.33. The van der Waals surface area contributed by atoms with E-state index in [2.05, 4.69) is 10.2 Å². The van der Waals surface area contributed by atoms with Gasteiger partial charge in [0.1, 0.15) is 17.6 Å². The summed E-state index contributed by atoms with van der Waals surface area (Å²) in [6.07, 6.45) is 0. The molecule has 1 aromatic heterocycles. The van der Waals surface area contributed by atoms with E-state index >= 15 is 0 Å². The standard InChI is InChI=1S/C17H20FN3O4/c1-11(2)16-19-20-17(25-16)14-9-23-8-7-21(14)15(22)10-24-13-5-3-12(18)4-6-13/h3-6,11,14H,7-10H2,1-2H3/t14-/m1/s1. The van der Waals surface area contributed by atoms with E-state index < -0.39 is 6.04 Å². The third-order valence-corrected chi connectivity index (χ3v) is 3.86. The van der Waals surface area contributed by atoms with Crippen LogP contribution in [0.3, 0.4) is 0 Å². The highest BCUT2D eigenvalue weighted by atomic mass is 19.1. The third kappa shape index (κ3) is 4.14. The number of halogens is 1. The van der Waals surface area contributed by atoms with E-state index in [1.807, 2.05) is 13.8 Å². The van der Waals surface area contributed by atoms with Crippen LogP contribution in [0.1, 0.15) is 37.6 Å². The Kier molecular flexibility index (Phi) is 5.28. The van der Waals surface area contributed by atoms with Crippen molar-refractivity contribution < 1.29 is 23.1 Å². The number of morpholine rings is 1. The minimum absolute atomic E-state index is 0.108. The van der Waals surface area contributed by atoms with Crippen molar-refractivity contribution in [2.24, 2.45) is 0 Å². The Balaban J connectivity index is 1.66. The average molecular weight is 349 g/mol. The van der Waals surface area contributed by atoms with Crippen LogP contribution in [0.5, 0.6) is 5.75 Å². The van der Waals surface area contributed by atoms with Gasteiger partial charge in [-0.3, -0.25) is 4.79 Å². The minimum atomic E-state index is -0.432. The van der Waals surface area contributed by atoms with Gasteiger partial charge in [0.05, 0.1) is 13.2 Å². The summed E-state index contributed by atoms with van der Waals surface area (Å²) in [5, 5.41) is 8.06. The summed E-state index contributed by atoms with van der Waals surface area (Å²) in [5.41, 5.74) is 0. The highest BCUT2D eigenvalue weighted by Gasteiger charge is 2.33. The van der Waals surface area contributed by atoms with Gasteiger partial charge in [0.15, 0.2) is 6.61 Å². The van der Waals surface area contributed by atoms with Gasteiger partial charge >= 0.3 is 0 Å². The lowest BCUT2D eigenvalue weighted by atomic mass is 10.2. The van der Waals surface area contributed by atoms with E-state index in [9.17, 15) is 9.18 Å². The predicted octanol–water partition coefficient (Wildman–Crippen LogP) is 2.31. The summed E-state index contributed by atoms with van der Waals surface area (Å²) in [6, 6.07) is 5.09.